The molecular weight excluding hydrogens is 903 g/mol. The van der Waals surface area contributed by atoms with E-state index in [0.717, 1.165) is 59.3 Å². The largest absolute Gasteiger partial charge is 0.461 e. The Morgan fingerprint density at radius 2 is 0.792 bits per heavy atom. The maximum absolute atomic E-state index is 12.5. The summed E-state index contributed by atoms with van der Waals surface area (Å²) >= 11 is 0. The number of nitrogens with one attached hydrogen (secondary N) is 1. The Bertz CT molecular complexity index is 1800. The summed E-state index contributed by atoms with van der Waals surface area (Å²) in [5, 5.41) is 2.86. The molecule has 0 radical (unpaired) electrons. The number of hydrogen-bond acceptors (Lipinski definition) is 8. The molecule has 0 fully saturated rings. The quantitative estimate of drug-likeness (QED) is 0.0394. The van der Waals surface area contributed by atoms with Gasteiger partial charge in [0.1, 0.15) is 13.2 Å². The van der Waals surface area contributed by atoms with Crippen molar-refractivity contribution in [3.05, 3.63) is 84.0 Å². The van der Waals surface area contributed by atoms with Crippen LogP contribution in [0.15, 0.2) is 72.8 Å². The second-order valence-corrected chi connectivity index (χ2v) is 20.5. The number of unbranched alkanes of at least 4 members (excludes halogenated alkanes) is 23. The van der Waals surface area contributed by atoms with Gasteiger partial charge in [0.2, 0.25) is 0 Å². The summed E-state index contributed by atoms with van der Waals surface area (Å²) in [5.74, 6) is -0.00186. The van der Waals surface area contributed by atoms with Crippen LogP contribution in [0.25, 0.3) is 0 Å². The fourth-order valence-corrected chi connectivity index (χ4v) is 10.3. The molecule has 0 saturated heterocycles. The van der Waals surface area contributed by atoms with Crippen molar-refractivity contribution in [1.29, 1.82) is 0 Å². The lowest BCUT2D eigenvalue weighted by molar-refractivity contribution is -0.145. The SMILES string of the molecule is CCCCCCCCC(CCCCCCCCCCC(=O)OCc1cccc(N2C(=O)C=CC2=O)c1)C(CCCCCCCC)CCCCCCCCCNC(=O)OCc1cccc(N2C(=O)C=CC2=O)c1. The third kappa shape index (κ3) is 24.1. The normalized spacial score (nSPS) is 14.2. The number of hydrogen-bond donors (Lipinski definition) is 1. The van der Waals surface area contributed by atoms with E-state index in [1.54, 1.807) is 42.5 Å². The molecule has 0 bridgehead atoms. The van der Waals surface area contributed by atoms with Crippen molar-refractivity contribution >= 4 is 47.1 Å². The fraction of sp³-hybridized carbons (Fsp3) is 0.639. The molecule has 2 heterocycles. The van der Waals surface area contributed by atoms with Crippen LogP contribution in [-0.2, 0) is 46.7 Å². The highest BCUT2D eigenvalue weighted by Gasteiger charge is 2.27. The van der Waals surface area contributed by atoms with Crippen LogP contribution in [0, 0.1) is 11.8 Å². The Morgan fingerprint density at radius 1 is 0.444 bits per heavy atom. The van der Waals surface area contributed by atoms with Crippen molar-refractivity contribution in [3.63, 3.8) is 0 Å². The molecule has 2 aromatic rings. The highest BCUT2D eigenvalue weighted by molar-refractivity contribution is 6.28. The number of anilines is 2. The molecule has 4 rings (SSSR count). The third-order valence-electron chi connectivity index (χ3n) is 14.5. The molecule has 11 nitrogen and oxygen atoms in total. The lowest BCUT2D eigenvalue weighted by Crippen LogP contribution is -2.29. The molecule has 72 heavy (non-hydrogen) atoms. The average molecular weight is 994 g/mol. The zero-order valence-corrected chi connectivity index (χ0v) is 44.5. The van der Waals surface area contributed by atoms with Crippen LogP contribution in [0.5, 0.6) is 0 Å². The Hall–Kier alpha value is -5.06. The number of rotatable bonds is 42. The number of esters is 1. The van der Waals surface area contributed by atoms with Crippen molar-refractivity contribution in [2.45, 2.75) is 233 Å². The highest BCUT2D eigenvalue weighted by Crippen LogP contribution is 2.34. The van der Waals surface area contributed by atoms with Crippen LogP contribution < -0.4 is 15.1 Å². The first kappa shape index (κ1) is 59.5. The van der Waals surface area contributed by atoms with Crippen LogP contribution in [0.4, 0.5) is 16.2 Å². The van der Waals surface area contributed by atoms with E-state index in [1.807, 2.05) is 6.07 Å². The van der Waals surface area contributed by atoms with E-state index >= 15 is 0 Å². The minimum Gasteiger partial charge on any atom is -0.461 e. The van der Waals surface area contributed by atoms with E-state index in [4.69, 9.17) is 9.47 Å². The number of alkyl carbamates (subject to hydrolysis) is 1. The maximum atomic E-state index is 12.5. The van der Waals surface area contributed by atoms with E-state index in [2.05, 4.69) is 19.2 Å². The lowest BCUT2D eigenvalue weighted by atomic mass is 9.78. The van der Waals surface area contributed by atoms with Gasteiger partial charge >= 0.3 is 12.1 Å². The zero-order valence-electron chi connectivity index (χ0n) is 44.5. The van der Waals surface area contributed by atoms with E-state index < -0.39 is 6.09 Å². The van der Waals surface area contributed by atoms with Crippen molar-refractivity contribution in [3.8, 4) is 0 Å². The van der Waals surface area contributed by atoms with Crippen LogP contribution in [0.3, 0.4) is 0 Å². The van der Waals surface area contributed by atoms with Crippen LogP contribution in [-0.4, -0.2) is 42.2 Å². The van der Waals surface area contributed by atoms with Gasteiger partial charge in [-0.15, -0.1) is 0 Å². The third-order valence-corrected chi connectivity index (χ3v) is 14.5. The fourth-order valence-electron chi connectivity index (χ4n) is 10.3. The standard InChI is InChI=1S/C61H91N3O8/c1-3-5-7-9-18-24-34-52(36-26-20-14-11-12-16-22-28-40-60(69)71-48-50-32-30-38-54(46-50)63-56(65)41-42-57(63)66)53(35-25-19-10-8-6-4-2)37-27-21-15-13-17-23-29-45-62-61(70)72-49-51-33-31-39-55(47-51)64-58(67)43-44-59(64)68/h30-33,38-39,41-44,46-47,52-53H,3-29,34-37,40,45,48-49H2,1-2H3,(H,62,70). The molecule has 0 aliphatic carbocycles. The molecule has 2 atom stereocenters. The number of benzene rings is 2. The van der Waals surface area contributed by atoms with E-state index in [9.17, 15) is 28.8 Å². The molecule has 398 valence electrons. The van der Waals surface area contributed by atoms with Gasteiger partial charge in [0, 0.05) is 37.3 Å². The minimum absolute atomic E-state index is 0.0620. The molecule has 1 N–H and O–H groups in total. The van der Waals surface area contributed by atoms with E-state index in [-0.39, 0.29) is 42.8 Å². The number of ether oxygens (including phenoxy) is 2. The Kier molecular flexibility index (Phi) is 30.4. The van der Waals surface area contributed by atoms with Crippen molar-refractivity contribution < 1.29 is 38.2 Å². The molecule has 2 aliphatic rings. The van der Waals surface area contributed by atoms with Gasteiger partial charge in [0.05, 0.1) is 11.4 Å². The maximum Gasteiger partial charge on any atom is 0.407 e. The predicted molar refractivity (Wildman–Crippen MR) is 290 cm³/mol. The van der Waals surface area contributed by atoms with Gasteiger partial charge in [0.15, 0.2) is 0 Å². The summed E-state index contributed by atoms with van der Waals surface area (Å²) in [6, 6.07) is 14.0. The van der Waals surface area contributed by atoms with E-state index in [1.165, 1.54) is 191 Å². The predicted octanol–water partition coefficient (Wildman–Crippen LogP) is 15.3. The summed E-state index contributed by atoms with van der Waals surface area (Å²) in [6.07, 6.45) is 44.6. The van der Waals surface area contributed by atoms with Crippen LogP contribution in [0.2, 0.25) is 0 Å². The van der Waals surface area contributed by atoms with Gasteiger partial charge in [0.25, 0.3) is 23.6 Å². The Labute approximate surface area is 433 Å². The second-order valence-electron chi connectivity index (χ2n) is 20.5. The Morgan fingerprint density at radius 3 is 1.19 bits per heavy atom. The van der Waals surface area contributed by atoms with Crippen molar-refractivity contribution in [2.75, 3.05) is 16.3 Å². The van der Waals surface area contributed by atoms with Gasteiger partial charge in [-0.1, -0.05) is 224 Å². The first-order valence-electron chi connectivity index (χ1n) is 28.6. The molecule has 5 amide bonds. The van der Waals surface area contributed by atoms with Crippen molar-refractivity contribution in [2.24, 2.45) is 11.8 Å². The van der Waals surface area contributed by atoms with Gasteiger partial charge in [-0.05, 0) is 60.1 Å². The van der Waals surface area contributed by atoms with Crippen molar-refractivity contribution in [1.82, 2.24) is 5.32 Å². The Balaban J connectivity index is 1.08. The summed E-state index contributed by atoms with van der Waals surface area (Å²) in [6.45, 7) is 5.37. The van der Waals surface area contributed by atoms with Gasteiger partial charge in [-0.3, -0.25) is 24.0 Å². The molecule has 0 spiro atoms. The number of carbonyl (C=O) groups is 6. The molecule has 2 unspecified atom stereocenters. The average Bonchev–Trinajstić information content (AvgIpc) is 3.91. The number of nitrogens with zero attached hydrogens (tertiary/aromatic N) is 2. The lowest BCUT2D eigenvalue weighted by Gasteiger charge is -2.28. The summed E-state index contributed by atoms with van der Waals surface area (Å²) in [5.41, 5.74) is 2.41. The van der Waals surface area contributed by atoms with Crippen LogP contribution >= 0.6 is 0 Å². The number of amides is 5. The monoisotopic (exact) mass is 994 g/mol. The molecule has 0 aromatic heterocycles. The smallest absolute Gasteiger partial charge is 0.407 e. The molecule has 2 aromatic carbocycles. The van der Waals surface area contributed by atoms with E-state index in [0.29, 0.717) is 29.9 Å². The molecule has 11 heteroatoms. The van der Waals surface area contributed by atoms with Gasteiger partial charge in [-0.2, -0.15) is 0 Å². The molecular formula is C61H91N3O8. The number of imide groups is 2. The number of carbonyl (C=O) groups excluding carboxylic acids is 6. The minimum atomic E-state index is -0.460. The molecule has 2 aliphatic heterocycles. The van der Waals surface area contributed by atoms with Gasteiger partial charge < -0.3 is 14.8 Å². The highest BCUT2D eigenvalue weighted by atomic mass is 16.5. The van der Waals surface area contributed by atoms with Crippen LogP contribution in [0.1, 0.15) is 230 Å². The molecule has 0 saturated carbocycles. The summed E-state index contributed by atoms with van der Waals surface area (Å²) in [4.78, 5) is 75.2. The zero-order chi connectivity index (χ0) is 51.4. The summed E-state index contributed by atoms with van der Waals surface area (Å²) < 4.78 is 10.9. The first-order valence-corrected chi connectivity index (χ1v) is 28.6. The van der Waals surface area contributed by atoms with Gasteiger partial charge in [-0.25, -0.2) is 14.6 Å². The first-order chi connectivity index (χ1) is 35.2. The second kappa shape index (κ2) is 36.8. The summed E-state index contributed by atoms with van der Waals surface area (Å²) in [7, 11) is 0. The topological polar surface area (TPSA) is 139 Å².